The Bertz CT molecular complexity index is 1500. The number of hydrogen-bond acceptors (Lipinski definition) is 6. The van der Waals surface area contributed by atoms with Crippen molar-refractivity contribution in [2.45, 2.75) is 26.5 Å². The van der Waals surface area contributed by atoms with Gasteiger partial charge in [-0.3, -0.25) is 4.79 Å². The molecule has 38 heavy (non-hydrogen) atoms. The second-order valence-corrected chi connectivity index (χ2v) is 9.01. The summed E-state index contributed by atoms with van der Waals surface area (Å²) in [6.45, 7) is 4.11. The number of halogens is 2. The quantitative estimate of drug-likeness (QED) is 0.290. The molecule has 0 radical (unpaired) electrons. The molecule has 1 amide bonds. The molecule has 0 unspecified atom stereocenters. The van der Waals surface area contributed by atoms with Crippen LogP contribution < -0.4 is 20.1 Å². The lowest BCUT2D eigenvalue weighted by atomic mass is 9.94. The number of nitrogens with zero attached hydrogens (tertiary/aromatic N) is 3. The van der Waals surface area contributed by atoms with Gasteiger partial charge in [-0.25, -0.2) is 9.07 Å². The largest absolute Gasteiger partial charge is 0.490 e. The summed E-state index contributed by atoms with van der Waals surface area (Å²) < 4.78 is 27.6. The number of nitrogens with one attached hydrogen (secondary N) is 2. The lowest BCUT2D eigenvalue weighted by molar-refractivity contribution is -0.113. The summed E-state index contributed by atoms with van der Waals surface area (Å²) in [6, 6.07) is 18.1. The van der Waals surface area contributed by atoms with E-state index in [1.165, 1.54) is 12.4 Å². The third kappa shape index (κ3) is 5.19. The number of hydrogen-bond donors (Lipinski definition) is 2. The van der Waals surface area contributed by atoms with Crippen LogP contribution in [0.25, 0.3) is 0 Å². The van der Waals surface area contributed by atoms with Gasteiger partial charge in [-0.05, 0) is 61.9 Å². The van der Waals surface area contributed by atoms with Gasteiger partial charge in [0.05, 0.1) is 12.2 Å². The Morgan fingerprint density at radius 1 is 1.11 bits per heavy atom. The fourth-order valence-corrected chi connectivity index (χ4v) is 4.40. The Hall–Kier alpha value is -4.37. The van der Waals surface area contributed by atoms with Gasteiger partial charge in [0.1, 0.15) is 24.8 Å². The molecule has 2 N–H and O–H groups in total. The maximum atomic E-state index is 14.1. The summed E-state index contributed by atoms with van der Waals surface area (Å²) >= 11 is 5.99. The van der Waals surface area contributed by atoms with Crippen LogP contribution in [0.3, 0.4) is 0 Å². The minimum absolute atomic E-state index is 0.0421. The number of carbonyl (C=O) groups is 1. The van der Waals surface area contributed by atoms with E-state index >= 15 is 0 Å². The number of rotatable bonds is 8. The zero-order valence-corrected chi connectivity index (χ0v) is 21.5. The number of anilines is 2. The molecule has 4 aromatic rings. The van der Waals surface area contributed by atoms with Gasteiger partial charge in [0.2, 0.25) is 5.95 Å². The molecule has 0 bridgehead atoms. The normalized spacial score (nSPS) is 14.5. The van der Waals surface area contributed by atoms with Crippen LogP contribution in [0.1, 0.15) is 31.0 Å². The molecule has 0 saturated carbocycles. The second kappa shape index (κ2) is 10.9. The molecule has 1 atom stereocenters. The number of amides is 1. The molecule has 10 heteroatoms. The van der Waals surface area contributed by atoms with Crippen LogP contribution in [-0.2, 0) is 11.4 Å². The van der Waals surface area contributed by atoms with Crippen molar-refractivity contribution in [3.63, 3.8) is 0 Å². The Morgan fingerprint density at radius 2 is 1.89 bits per heavy atom. The van der Waals surface area contributed by atoms with Crippen LogP contribution in [0.2, 0.25) is 5.02 Å². The smallest absolute Gasteiger partial charge is 0.255 e. The Balaban J connectivity index is 1.49. The minimum Gasteiger partial charge on any atom is -0.490 e. The number of carbonyl (C=O) groups excluding carboxylic acids is 1. The van der Waals surface area contributed by atoms with E-state index < -0.39 is 6.04 Å². The molecule has 3 aromatic carbocycles. The highest BCUT2D eigenvalue weighted by Gasteiger charge is 2.34. The topological polar surface area (TPSA) is 90.3 Å². The van der Waals surface area contributed by atoms with Crippen molar-refractivity contribution >= 4 is 29.1 Å². The minimum atomic E-state index is -0.596. The van der Waals surface area contributed by atoms with Crippen molar-refractivity contribution in [1.82, 2.24) is 14.8 Å². The lowest BCUT2D eigenvalue weighted by Gasteiger charge is -2.29. The summed E-state index contributed by atoms with van der Waals surface area (Å²) in [5, 5.41) is 11.0. The third-order valence-electron chi connectivity index (χ3n) is 6.07. The van der Waals surface area contributed by atoms with E-state index in [4.69, 9.17) is 21.1 Å². The van der Waals surface area contributed by atoms with E-state index in [0.717, 1.165) is 5.56 Å². The molecule has 0 saturated heterocycles. The van der Waals surface area contributed by atoms with Gasteiger partial charge in [0.15, 0.2) is 11.5 Å². The first-order chi connectivity index (χ1) is 18.4. The SMILES string of the molecule is CCOc1cc([C@@H]2C(C(=O)Nc3ccc(Cl)cc3)=C(C)Nc3ncnn32)ccc1OCc1ccccc1F. The molecule has 1 aliphatic rings. The molecule has 8 nitrogen and oxygen atoms in total. The van der Waals surface area contributed by atoms with Crippen LogP contribution in [-0.4, -0.2) is 27.3 Å². The molecule has 0 aliphatic carbocycles. The Labute approximate surface area is 224 Å². The van der Waals surface area contributed by atoms with Crippen molar-refractivity contribution in [3.8, 4) is 11.5 Å². The highest BCUT2D eigenvalue weighted by atomic mass is 35.5. The third-order valence-corrected chi connectivity index (χ3v) is 6.32. The van der Waals surface area contributed by atoms with E-state index in [1.807, 2.05) is 26.0 Å². The Kier molecular flexibility index (Phi) is 7.28. The van der Waals surface area contributed by atoms with Crippen LogP contribution in [0.5, 0.6) is 11.5 Å². The van der Waals surface area contributed by atoms with E-state index in [0.29, 0.717) is 51.6 Å². The summed E-state index contributed by atoms with van der Waals surface area (Å²) in [7, 11) is 0. The van der Waals surface area contributed by atoms with Crippen molar-refractivity contribution < 1.29 is 18.7 Å². The number of fused-ring (bicyclic) bond motifs is 1. The molecular weight excluding hydrogens is 509 g/mol. The van der Waals surface area contributed by atoms with Crippen LogP contribution in [0, 0.1) is 5.82 Å². The fraction of sp³-hybridized carbons (Fsp3) is 0.179. The average Bonchev–Trinajstić information content (AvgIpc) is 3.37. The summed E-state index contributed by atoms with van der Waals surface area (Å²) in [5.41, 5.74) is 2.87. The maximum Gasteiger partial charge on any atom is 0.255 e. The fourth-order valence-electron chi connectivity index (χ4n) is 4.28. The van der Waals surface area contributed by atoms with Gasteiger partial charge >= 0.3 is 0 Å². The Morgan fingerprint density at radius 3 is 2.66 bits per heavy atom. The first kappa shape index (κ1) is 25.3. The highest BCUT2D eigenvalue weighted by Crippen LogP contribution is 2.39. The molecule has 5 rings (SSSR count). The van der Waals surface area contributed by atoms with Crippen molar-refractivity contribution in [2.75, 3.05) is 17.2 Å². The summed E-state index contributed by atoms with van der Waals surface area (Å²) in [6.07, 6.45) is 1.43. The van der Waals surface area contributed by atoms with Crippen LogP contribution in [0.15, 0.2) is 84.3 Å². The molecule has 0 fully saturated rings. The van der Waals surface area contributed by atoms with E-state index in [9.17, 15) is 9.18 Å². The zero-order valence-electron chi connectivity index (χ0n) is 20.7. The van der Waals surface area contributed by atoms with Gasteiger partial charge in [0.25, 0.3) is 5.91 Å². The number of ether oxygens (including phenoxy) is 2. The number of benzene rings is 3. The van der Waals surface area contributed by atoms with Crippen molar-refractivity contribution in [1.29, 1.82) is 0 Å². The van der Waals surface area contributed by atoms with Crippen molar-refractivity contribution in [2.24, 2.45) is 0 Å². The molecule has 1 aliphatic heterocycles. The summed E-state index contributed by atoms with van der Waals surface area (Å²) in [5.74, 6) is 0.790. The monoisotopic (exact) mass is 533 g/mol. The molecule has 2 heterocycles. The first-order valence-electron chi connectivity index (χ1n) is 12.0. The van der Waals surface area contributed by atoms with E-state index in [-0.39, 0.29) is 18.3 Å². The average molecular weight is 534 g/mol. The highest BCUT2D eigenvalue weighted by molar-refractivity contribution is 6.30. The standard InChI is InChI=1S/C28H25ClFN5O3/c1-3-37-24-14-18(8-13-23(24)38-15-19-6-4-5-7-22(19)30)26-25(17(2)33-28-31-16-32-35(26)28)27(36)34-21-11-9-20(29)10-12-21/h4-14,16,26H,3,15H2,1-2H3,(H,34,36)(H,31,32,33)/t26-/m1/s1. The predicted molar refractivity (Wildman–Crippen MR) is 143 cm³/mol. The van der Waals surface area contributed by atoms with Gasteiger partial charge in [0, 0.05) is 22.0 Å². The number of aromatic nitrogens is 3. The second-order valence-electron chi connectivity index (χ2n) is 8.57. The van der Waals surface area contributed by atoms with Crippen molar-refractivity contribution in [3.05, 3.63) is 106 Å². The van der Waals surface area contributed by atoms with E-state index in [2.05, 4.69) is 20.7 Å². The van der Waals surface area contributed by atoms with Crippen LogP contribution in [0.4, 0.5) is 16.0 Å². The first-order valence-corrected chi connectivity index (χ1v) is 12.4. The molecular formula is C28H25ClFN5O3. The molecule has 1 aromatic heterocycles. The molecule has 194 valence electrons. The lowest BCUT2D eigenvalue weighted by Crippen LogP contribution is -2.31. The van der Waals surface area contributed by atoms with Crippen LogP contribution >= 0.6 is 11.6 Å². The predicted octanol–water partition coefficient (Wildman–Crippen LogP) is 5.98. The zero-order chi connectivity index (χ0) is 26.6. The maximum absolute atomic E-state index is 14.1. The van der Waals surface area contributed by atoms with Gasteiger partial charge < -0.3 is 20.1 Å². The van der Waals surface area contributed by atoms with Gasteiger partial charge in [-0.15, -0.1) is 0 Å². The number of allylic oxidation sites excluding steroid dienone is 1. The van der Waals surface area contributed by atoms with E-state index in [1.54, 1.807) is 53.2 Å². The molecule has 0 spiro atoms. The summed E-state index contributed by atoms with van der Waals surface area (Å²) in [4.78, 5) is 17.8. The van der Waals surface area contributed by atoms with Gasteiger partial charge in [-0.1, -0.05) is 35.9 Å². The van der Waals surface area contributed by atoms with Gasteiger partial charge in [-0.2, -0.15) is 10.1 Å².